The second-order valence-corrected chi connectivity index (χ2v) is 32.6. The smallest absolute Gasteiger partial charge is 0.331 e. The van der Waals surface area contributed by atoms with Gasteiger partial charge in [0.15, 0.2) is 0 Å². The molecule has 0 amide bonds. The lowest BCUT2D eigenvalue weighted by atomic mass is 9.78. The van der Waals surface area contributed by atoms with E-state index in [-0.39, 0.29) is 91.3 Å². The minimum absolute atomic E-state index is 0.153. The second kappa shape index (κ2) is 32.7. The molecular formula is C77H116O16. The van der Waals surface area contributed by atoms with Crippen molar-refractivity contribution in [1.29, 1.82) is 0 Å². The number of hydrogen-bond donors (Lipinski definition) is 12. The first-order valence-corrected chi connectivity index (χ1v) is 31.1. The van der Waals surface area contributed by atoms with Gasteiger partial charge >= 0.3 is 23.9 Å². The molecule has 93 heavy (non-hydrogen) atoms. The molecule has 0 fully saturated rings. The number of aromatic hydroxyl groups is 4. The number of benzene rings is 4. The molecule has 0 aromatic heterocycles. The highest BCUT2D eigenvalue weighted by molar-refractivity contribution is 5.88. The highest BCUT2D eigenvalue weighted by Gasteiger charge is 2.32. The van der Waals surface area contributed by atoms with Crippen LogP contribution >= 0.6 is 0 Å². The molecule has 12 N–H and O–H groups in total. The molecule has 0 saturated carbocycles. The lowest BCUT2D eigenvalue weighted by molar-refractivity contribution is -0.133. The van der Waals surface area contributed by atoms with Gasteiger partial charge in [0.2, 0.25) is 0 Å². The Kier molecular flexibility index (Phi) is 30.2. The summed E-state index contributed by atoms with van der Waals surface area (Å²) in [5.41, 5.74) is 7.93. The molecule has 520 valence electrons. The number of phenolic OH excluding ortho intramolecular Hbond substituents is 4. The van der Waals surface area contributed by atoms with Gasteiger partial charge in [0, 0.05) is 48.0 Å². The SMILES string of the molecule is C=C(Cc1cc(C(C)(C)C)c(O)c(C(C)(C)C)c1)C(=O)O.C=C(Cc1cc(C(C)(C)C)c(O)c(C(C)(C)C)c1)C(=O)O.C=C(Cc1cc(C(C)(C)C)c(O)c(C(C)(C)C)c1)C(=O)O.C=C(Cc1cc(C(C)(C)C)c(O)c(C(C)(C)C)c1)C(=O)O.OCC(CO)(CO)CO. The van der Waals surface area contributed by atoms with E-state index in [4.69, 9.17) is 40.9 Å². The van der Waals surface area contributed by atoms with Gasteiger partial charge in [0.25, 0.3) is 0 Å². The molecule has 0 bridgehead atoms. The van der Waals surface area contributed by atoms with E-state index in [9.17, 15) is 39.6 Å². The summed E-state index contributed by atoms with van der Waals surface area (Å²) < 4.78 is 0. The molecule has 0 aliphatic heterocycles. The Balaban J connectivity index is 0.00000116. The average molecular weight is 1300 g/mol. The molecule has 0 radical (unpaired) electrons. The molecule has 0 heterocycles. The van der Waals surface area contributed by atoms with Gasteiger partial charge in [-0.3, -0.25) is 0 Å². The van der Waals surface area contributed by atoms with Crippen LogP contribution in [0.1, 0.15) is 233 Å². The number of aliphatic carboxylic acids is 4. The van der Waals surface area contributed by atoms with Gasteiger partial charge in [-0.2, -0.15) is 0 Å². The minimum atomic E-state index is -1.11. The Bertz CT molecular complexity index is 2730. The lowest BCUT2D eigenvalue weighted by Crippen LogP contribution is -2.37. The fraction of sp³-hybridized carbons (Fsp3) is 0.532. The summed E-state index contributed by atoms with van der Waals surface area (Å²) in [5, 5.41) is 112. The topological polar surface area (TPSA) is 311 Å². The van der Waals surface area contributed by atoms with Gasteiger partial charge in [0.1, 0.15) is 23.0 Å². The first-order valence-electron chi connectivity index (χ1n) is 31.1. The summed E-state index contributed by atoms with van der Waals surface area (Å²) in [5.74, 6) is -2.73. The second-order valence-electron chi connectivity index (χ2n) is 32.6. The quantitative estimate of drug-likeness (QED) is 0.0464. The fourth-order valence-corrected chi connectivity index (χ4v) is 9.35. The molecular weight excluding hydrogens is 1180 g/mol. The molecule has 0 atom stereocenters. The van der Waals surface area contributed by atoms with E-state index >= 15 is 0 Å². The highest BCUT2D eigenvalue weighted by atomic mass is 16.4. The van der Waals surface area contributed by atoms with Gasteiger partial charge in [-0.05, 0) is 110 Å². The Morgan fingerprint density at radius 3 is 0.441 bits per heavy atom. The van der Waals surface area contributed by atoms with E-state index in [0.29, 0.717) is 23.0 Å². The van der Waals surface area contributed by atoms with Crippen molar-refractivity contribution in [2.45, 2.75) is 235 Å². The van der Waals surface area contributed by atoms with E-state index in [1.807, 2.05) is 215 Å². The van der Waals surface area contributed by atoms with Gasteiger partial charge < -0.3 is 61.3 Å². The third-order valence-electron chi connectivity index (χ3n) is 15.4. The largest absolute Gasteiger partial charge is 0.507 e. The minimum Gasteiger partial charge on any atom is -0.507 e. The van der Waals surface area contributed by atoms with Crippen molar-refractivity contribution in [2.24, 2.45) is 5.41 Å². The van der Waals surface area contributed by atoms with Crippen LogP contribution in [0.5, 0.6) is 23.0 Å². The van der Waals surface area contributed by atoms with Crippen LogP contribution in [0.15, 0.2) is 97.1 Å². The number of aliphatic hydroxyl groups is 4. The van der Waals surface area contributed by atoms with Crippen LogP contribution in [-0.2, 0) is 88.2 Å². The Morgan fingerprint density at radius 2 is 0.376 bits per heavy atom. The van der Waals surface area contributed by atoms with E-state index in [0.717, 1.165) is 66.8 Å². The number of hydrogen-bond acceptors (Lipinski definition) is 12. The molecule has 0 saturated heterocycles. The maximum absolute atomic E-state index is 11.0. The summed E-state index contributed by atoms with van der Waals surface area (Å²) in [6.45, 7) is 61.5. The van der Waals surface area contributed by atoms with E-state index < -0.39 is 55.7 Å². The van der Waals surface area contributed by atoms with E-state index in [1.165, 1.54) is 0 Å². The summed E-state index contributed by atoms with van der Waals surface area (Å²) in [4.78, 5) is 43.9. The van der Waals surface area contributed by atoms with Crippen LogP contribution in [0.4, 0.5) is 0 Å². The number of aliphatic hydroxyl groups excluding tert-OH is 4. The monoisotopic (exact) mass is 1300 g/mol. The third kappa shape index (κ3) is 26.2. The van der Waals surface area contributed by atoms with Crippen LogP contribution in [0, 0.1) is 5.41 Å². The van der Waals surface area contributed by atoms with Crippen molar-refractivity contribution in [3.8, 4) is 23.0 Å². The predicted molar refractivity (Wildman–Crippen MR) is 375 cm³/mol. The predicted octanol–water partition coefficient (Wildman–Crippen LogP) is 14.6. The number of carboxylic acids is 4. The molecule has 16 nitrogen and oxygen atoms in total. The van der Waals surface area contributed by atoms with Gasteiger partial charge in [0.05, 0.1) is 31.8 Å². The Labute approximate surface area is 555 Å². The van der Waals surface area contributed by atoms with E-state index in [1.54, 1.807) is 0 Å². The summed E-state index contributed by atoms with van der Waals surface area (Å²) in [7, 11) is 0. The standard InChI is InChI=1S/4C18H26O3.C5H12O4/c4*1-11(16(20)21)8-12-9-13(17(2,3)4)15(19)14(10-12)18(5,6)7;6-1-5(2-7,3-8)4-9/h4*9-10,19H,1,8H2,2-7H3,(H,20,21);6-9H,1-4H2. The van der Waals surface area contributed by atoms with Crippen LogP contribution in [0.25, 0.3) is 0 Å². The van der Waals surface area contributed by atoms with Crippen LogP contribution in [-0.4, -0.2) is 112 Å². The van der Waals surface area contributed by atoms with Crippen molar-refractivity contribution >= 4 is 23.9 Å². The number of carboxylic acid groups (broad SMARTS) is 4. The number of phenols is 4. The van der Waals surface area contributed by atoms with Crippen LogP contribution in [0.3, 0.4) is 0 Å². The maximum Gasteiger partial charge on any atom is 0.331 e. The molecule has 0 aliphatic rings. The van der Waals surface area contributed by atoms with Crippen LogP contribution < -0.4 is 0 Å². The van der Waals surface area contributed by atoms with Crippen molar-refractivity contribution in [2.75, 3.05) is 26.4 Å². The molecule has 0 unspecified atom stereocenters. The number of rotatable bonds is 16. The van der Waals surface area contributed by atoms with Gasteiger partial charge in [-0.1, -0.05) is 241 Å². The fourth-order valence-electron chi connectivity index (χ4n) is 9.35. The Hall–Kier alpha value is -7.24. The third-order valence-corrected chi connectivity index (χ3v) is 15.4. The highest BCUT2D eigenvalue weighted by Crippen LogP contribution is 2.44. The summed E-state index contributed by atoms with van der Waals surface area (Å²) >= 11 is 0. The van der Waals surface area contributed by atoms with Gasteiger partial charge in [-0.25, -0.2) is 19.2 Å². The Morgan fingerprint density at radius 1 is 0.269 bits per heavy atom. The van der Waals surface area contributed by atoms with Crippen LogP contribution in [0.2, 0.25) is 0 Å². The van der Waals surface area contributed by atoms with E-state index in [2.05, 4.69) is 26.3 Å². The molecule has 16 heteroatoms. The lowest BCUT2D eigenvalue weighted by Gasteiger charge is -2.28. The van der Waals surface area contributed by atoms with Gasteiger partial charge in [-0.15, -0.1) is 0 Å². The number of carbonyl (C=O) groups is 4. The molecule has 0 aliphatic carbocycles. The van der Waals surface area contributed by atoms with Crippen molar-refractivity contribution < 1.29 is 80.5 Å². The van der Waals surface area contributed by atoms with Crippen molar-refractivity contribution in [3.05, 3.63) is 164 Å². The summed E-state index contributed by atoms with van der Waals surface area (Å²) in [6, 6.07) is 15.1. The van der Waals surface area contributed by atoms with Crippen molar-refractivity contribution in [3.63, 3.8) is 0 Å². The molecule has 4 aromatic carbocycles. The molecule has 4 aromatic rings. The summed E-state index contributed by atoms with van der Waals surface area (Å²) in [6.07, 6.45) is 1.12. The average Bonchev–Trinajstić information content (AvgIpc) is 0.812. The van der Waals surface area contributed by atoms with Crippen molar-refractivity contribution in [1.82, 2.24) is 0 Å². The molecule has 4 rings (SSSR count). The first kappa shape index (κ1) is 85.8. The maximum atomic E-state index is 11.0. The molecule has 0 spiro atoms. The zero-order chi connectivity index (χ0) is 73.7. The zero-order valence-electron chi connectivity index (χ0n) is 60.6. The first-order chi connectivity index (χ1) is 41.6. The zero-order valence-corrected chi connectivity index (χ0v) is 60.6. The normalized spacial score (nSPS) is 12.3.